The van der Waals surface area contributed by atoms with Gasteiger partial charge in [0.2, 0.25) is 0 Å². The van der Waals surface area contributed by atoms with Crippen LogP contribution in [0.5, 0.6) is 0 Å². The zero-order valence-electron chi connectivity index (χ0n) is 8.50. The van der Waals surface area contributed by atoms with Crippen LogP contribution in [0.3, 0.4) is 0 Å². The van der Waals surface area contributed by atoms with Crippen molar-refractivity contribution in [2.24, 2.45) is 0 Å². The van der Waals surface area contributed by atoms with E-state index in [-0.39, 0.29) is 0 Å². The second-order valence-electron chi connectivity index (χ2n) is 2.62. The second-order valence-corrected chi connectivity index (χ2v) is 2.62. The Hall–Kier alpha value is -1.01. The van der Waals surface area contributed by atoms with Gasteiger partial charge >= 0.3 is 0 Å². The van der Waals surface area contributed by atoms with Crippen molar-refractivity contribution in [1.29, 1.82) is 0 Å². The molecule has 1 unspecified atom stereocenters. The SMILES string of the molecule is CC(=O)O.CCCCC#CC(C)O. The third-order valence-corrected chi connectivity index (χ3v) is 0.966. The summed E-state index contributed by atoms with van der Waals surface area (Å²) in [4.78, 5) is 9.00. The molecule has 0 amide bonds. The molecule has 0 fully saturated rings. The van der Waals surface area contributed by atoms with Gasteiger partial charge in [0.05, 0.1) is 0 Å². The molecule has 76 valence electrons. The van der Waals surface area contributed by atoms with Gasteiger partial charge in [-0.1, -0.05) is 19.3 Å². The molecule has 2 N–H and O–H groups in total. The molecule has 0 aromatic rings. The van der Waals surface area contributed by atoms with E-state index in [1.54, 1.807) is 6.92 Å². The quantitative estimate of drug-likeness (QED) is 0.509. The fourth-order valence-corrected chi connectivity index (χ4v) is 0.485. The van der Waals surface area contributed by atoms with Gasteiger partial charge < -0.3 is 10.2 Å². The van der Waals surface area contributed by atoms with Gasteiger partial charge in [-0.15, -0.1) is 5.92 Å². The lowest BCUT2D eigenvalue weighted by molar-refractivity contribution is -0.134. The molecule has 3 nitrogen and oxygen atoms in total. The monoisotopic (exact) mass is 186 g/mol. The summed E-state index contributed by atoms with van der Waals surface area (Å²) >= 11 is 0. The predicted molar refractivity (Wildman–Crippen MR) is 52.3 cm³/mol. The minimum Gasteiger partial charge on any atom is -0.481 e. The van der Waals surface area contributed by atoms with E-state index in [1.165, 1.54) is 6.42 Å². The van der Waals surface area contributed by atoms with Crippen LogP contribution in [0.4, 0.5) is 0 Å². The van der Waals surface area contributed by atoms with Crippen LogP contribution in [0, 0.1) is 11.8 Å². The highest BCUT2D eigenvalue weighted by Gasteiger charge is 1.81. The number of hydrogen-bond acceptors (Lipinski definition) is 2. The first kappa shape index (κ1) is 14.5. The van der Waals surface area contributed by atoms with Gasteiger partial charge in [-0.2, -0.15) is 0 Å². The van der Waals surface area contributed by atoms with Crippen LogP contribution >= 0.6 is 0 Å². The maximum absolute atomic E-state index is 9.00. The molecule has 0 radical (unpaired) electrons. The van der Waals surface area contributed by atoms with Gasteiger partial charge in [0, 0.05) is 13.3 Å². The van der Waals surface area contributed by atoms with Crippen molar-refractivity contribution in [1.82, 2.24) is 0 Å². The first-order valence-electron chi connectivity index (χ1n) is 4.36. The summed E-state index contributed by atoms with van der Waals surface area (Å²) in [5.74, 6) is 4.74. The van der Waals surface area contributed by atoms with Crippen LogP contribution in [0.25, 0.3) is 0 Å². The number of unbranched alkanes of at least 4 members (excludes halogenated alkanes) is 2. The molecule has 0 spiro atoms. The van der Waals surface area contributed by atoms with Gasteiger partial charge in [-0.25, -0.2) is 0 Å². The molecule has 13 heavy (non-hydrogen) atoms. The normalized spacial score (nSPS) is 10.2. The van der Waals surface area contributed by atoms with Crippen LogP contribution in [0.1, 0.15) is 40.0 Å². The molecule has 0 bridgehead atoms. The molecule has 0 aliphatic carbocycles. The number of aliphatic carboxylic acids is 1. The fourth-order valence-electron chi connectivity index (χ4n) is 0.485. The van der Waals surface area contributed by atoms with Crippen molar-refractivity contribution in [2.45, 2.75) is 46.1 Å². The van der Waals surface area contributed by atoms with Crippen LogP contribution in [-0.4, -0.2) is 22.3 Å². The van der Waals surface area contributed by atoms with Gasteiger partial charge in [-0.3, -0.25) is 4.79 Å². The Labute approximate surface area is 79.8 Å². The number of carboxylic acid groups (broad SMARTS) is 1. The Morgan fingerprint density at radius 1 is 1.54 bits per heavy atom. The number of carboxylic acids is 1. The number of aliphatic hydroxyl groups excluding tert-OH is 1. The van der Waals surface area contributed by atoms with E-state index in [0.717, 1.165) is 19.8 Å². The molecular weight excluding hydrogens is 168 g/mol. The molecule has 0 aliphatic heterocycles. The number of aliphatic hydroxyl groups is 1. The molecule has 0 heterocycles. The standard InChI is InChI=1S/C8H14O.C2H4O2/c1-3-4-5-6-7-8(2)9;1-2(3)4/h8-9H,3-5H2,1-2H3;1H3,(H,3,4). The lowest BCUT2D eigenvalue weighted by Crippen LogP contribution is -1.92. The van der Waals surface area contributed by atoms with Gasteiger partial charge in [0.25, 0.3) is 5.97 Å². The van der Waals surface area contributed by atoms with Crippen molar-refractivity contribution in [3.05, 3.63) is 0 Å². The molecule has 0 aliphatic rings. The van der Waals surface area contributed by atoms with Crippen LogP contribution in [-0.2, 0) is 4.79 Å². The third-order valence-electron chi connectivity index (χ3n) is 0.966. The van der Waals surface area contributed by atoms with Crippen LogP contribution in [0.15, 0.2) is 0 Å². The Morgan fingerprint density at radius 3 is 2.31 bits per heavy atom. The average molecular weight is 186 g/mol. The summed E-state index contributed by atoms with van der Waals surface area (Å²) < 4.78 is 0. The Bertz CT molecular complexity index is 170. The maximum atomic E-state index is 9.00. The Kier molecular flexibility index (Phi) is 12.3. The van der Waals surface area contributed by atoms with E-state index >= 15 is 0 Å². The van der Waals surface area contributed by atoms with Crippen molar-refractivity contribution >= 4 is 5.97 Å². The highest BCUT2D eigenvalue weighted by molar-refractivity contribution is 5.62. The summed E-state index contributed by atoms with van der Waals surface area (Å²) in [5, 5.41) is 16.1. The fraction of sp³-hybridized carbons (Fsp3) is 0.700. The van der Waals surface area contributed by atoms with Gasteiger partial charge in [-0.05, 0) is 13.3 Å². The lowest BCUT2D eigenvalue weighted by atomic mass is 10.2. The number of rotatable bonds is 2. The highest BCUT2D eigenvalue weighted by atomic mass is 16.4. The van der Waals surface area contributed by atoms with E-state index in [9.17, 15) is 0 Å². The van der Waals surface area contributed by atoms with E-state index in [2.05, 4.69) is 18.8 Å². The summed E-state index contributed by atoms with van der Waals surface area (Å²) in [6.07, 6.45) is 2.78. The van der Waals surface area contributed by atoms with Crippen LogP contribution in [0.2, 0.25) is 0 Å². The molecule has 3 heteroatoms. The molecule has 0 saturated heterocycles. The maximum Gasteiger partial charge on any atom is 0.300 e. The van der Waals surface area contributed by atoms with E-state index < -0.39 is 12.1 Å². The smallest absolute Gasteiger partial charge is 0.300 e. The Morgan fingerprint density at radius 2 is 2.00 bits per heavy atom. The van der Waals surface area contributed by atoms with Crippen molar-refractivity contribution in [3.63, 3.8) is 0 Å². The second kappa shape index (κ2) is 11.0. The zero-order chi connectivity index (χ0) is 10.7. The van der Waals surface area contributed by atoms with E-state index in [1.807, 2.05) is 0 Å². The first-order valence-corrected chi connectivity index (χ1v) is 4.36. The molecule has 0 aromatic heterocycles. The molecule has 0 aromatic carbocycles. The molecular formula is C10H18O3. The van der Waals surface area contributed by atoms with Crippen molar-refractivity contribution in [3.8, 4) is 11.8 Å². The summed E-state index contributed by atoms with van der Waals surface area (Å²) in [7, 11) is 0. The predicted octanol–water partition coefficient (Wildman–Crippen LogP) is 1.65. The molecule has 0 saturated carbocycles. The lowest BCUT2D eigenvalue weighted by Gasteiger charge is -1.87. The third kappa shape index (κ3) is 35.7. The first-order chi connectivity index (χ1) is 6.00. The zero-order valence-corrected chi connectivity index (χ0v) is 8.50. The number of carbonyl (C=O) groups is 1. The summed E-state index contributed by atoms with van der Waals surface area (Å²) in [5.41, 5.74) is 0. The van der Waals surface area contributed by atoms with Gasteiger partial charge in [0.15, 0.2) is 0 Å². The topological polar surface area (TPSA) is 57.5 Å². The number of hydrogen-bond donors (Lipinski definition) is 2. The van der Waals surface area contributed by atoms with E-state index in [0.29, 0.717) is 0 Å². The van der Waals surface area contributed by atoms with Crippen LogP contribution < -0.4 is 0 Å². The summed E-state index contributed by atoms with van der Waals surface area (Å²) in [6, 6.07) is 0. The largest absolute Gasteiger partial charge is 0.481 e. The Balaban J connectivity index is 0. The van der Waals surface area contributed by atoms with E-state index in [4.69, 9.17) is 15.0 Å². The molecule has 1 atom stereocenters. The average Bonchev–Trinajstić information content (AvgIpc) is 1.97. The molecule has 0 rings (SSSR count). The van der Waals surface area contributed by atoms with Crippen molar-refractivity contribution < 1.29 is 15.0 Å². The van der Waals surface area contributed by atoms with Crippen molar-refractivity contribution in [2.75, 3.05) is 0 Å². The minimum atomic E-state index is -0.833. The highest BCUT2D eigenvalue weighted by Crippen LogP contribution is 1.90. The minimum absolute atomic E-state index is 0.457. The summed E-state index contributed by atoms with van der Waals surface area (Å²) in [6.45, 7) is 4.89. The van der Waals surface area contributed by atoms with Gasteiger partial charge in [0.1, 0.15) is 6.10 Å².